The van der Waals surface area contributed by atoms with Crippen LogP contribution < -0.4 is 10.6 Å². The molecule has 1 saturated carbocycles. The fourth-order valence-electron chi connectivity index (χ4n) is 3.36. The molecule has 1 aromatic rings. The van der Waals surface area contributed by atoms with Crippen molar-refractivity contribution in [3.8, 4) is 0 Å². The summed E-state index contributed by atoms with van der Waals surface area (Å²) in [5.74, 6) is 0.223. The molecule has 1 aliphatic heterocycles. The second kappa shape index (κ2) is 5.24. The third-order valence-electron chi connectivity index (χ3n) is 4.35. The van der Waals surface area contributed by atoms with Gasteiger partial charge >= 0.3 is 0 Å². The van der Waals surface area contributed by atoms with E-state index in [0.717, 1.165) is 30.5 Å². The summed E-state index contributed by atoms with van der Waals surface area (Å²) in [6.07, 6.45) is 5.69. The predicted molar refractivity (Wildman–Crippen MR) is 77.3 cm³/mol. The van der Waals surface area contributed by atoms with Crippen molar-refractivity contribution in [3.05, 3.63) is 29.8 Å². The van der Waals surface area contributed by atoms with E-state index in [1.165, 1.54) is 12.8 Å². The van der Waals surface area contributed by atoms with Crippen molar-refractivity contribution in [2.24, 2.45) is 0 Å². The number of hydrogen-bond donors (Lipinski definition) is 2. The summed E-state index contributed by atoms with van der Waals surface area (Å²) in [7, 11) is 0. The Labute approximate surface area is 114 Å². The number of para-hydroxylation sites is 1. The van der Waals surface area contributed by atoms with E-state index in [4.69, 9.17) is 0 Å². The molecule has 102 valence electrons. The summed E-state index contributed by atoms with van der Waals surface area (Å²) in [6.45, 7) is 2.14. The zero-order chi connectivity index (χ0) is 13.2. The van der Waals surface area contributed by atoms with Gasteiger partial charge in [-0.25, -0.2) is 0 Å². The first-order valence-corrected chi connectivity index (χ1v) is 7.40. The summed E-state index contributed by atoms with van der Waals surface area (Å²) >= 11 is 0. The van der Waals surface area contributed by atoms with E-state index in [0.29, 0.717) is 12.1 Å². The topological polar surface area (TPSA) is 41.1 Å². The molecule has 1 heterocycles. The van der Waals surface area contributed by atoms with Gasteiger partial charge in [-0.3, -0.25) is 4.79 Å². The average molecular weight is 258 g/mol. The molecule has 1 aromatic carbocycles. The number of nitrogens with one attached hydrogen (secondary N) is 2. The largest absolute Gasteiger partial charge is 0.382 e. The van der Waals surface area contributed by atoms with Crippen molar-refractivity contribution in [1.82, 2.24) is 5.32 Å². The highest BCUT2D eigenvalue weighted by molar-refractivity contribution is 5.86. The number of fused-ring (bicyclic) bond motifs is 1. The number of carbonyl (C=O) groups is 1. The molecule has 2 N–H and O–H groups in total. The third-order valence-corrected chi connectivity index (χ3v) is 4.35. The Hall–Kier alpha value is -1.51. The number of hydrogen-bond acceptors (Lipinski definition) is 2. The Bertz CT molecular complexity index is 466. The minimum atomic E-state index is 0.00745. The summed E-state index contributed by atoms with van der Waals surface area (Å²) in [5.41, 5.74) is 2.27. The summed E-state index contributed by atoms with van der Waals surface area (Å²) in [4.78, 5) is 12.5. The van der Waals surface area contributed by atoms with Crippen LogP contribution in [-0.2, 0) is 4.79 Å². The van der Waals surface area contributed by atoms with Gasteiger partial charge in [0.1, 0.15) is 0 Å². The first-order valence-electron chi connectivity index (χ1n) is 7.40. The standard InChI is InChI=1S/C16H22N2O/c1-11-10-14(13-8-4-5-9-15(13)17-11)16(19)18-12-6-2-3-7-12/h4-5,8-9,11-12,14,17H,2-3,6-7,10H2,1H3,(H,18,19). The van der Waals surface area contributed by atoms with E-state index in [-0.39, 0.29) is 11.8 Å². The van der Waals surface area contributed by atoms with Gasteiger partial charge in [0, 0.05) is 17.8 Å². The van der Waals surface area contributed by atoms with Gasteiger partial charge in [0.05, 0.1) is 5.92 Å². The van der Waals surface area contributed by atoms with Crippen molar-refractivity contribution < 1.29 is 4.79 Å². The highest BCUT2D eigenvalue weighted by atomic mass is 16.1. The molecule has 1 amide bonds. The molecule has 0 aromatic heterocycles. The highest BCUT2D eigenvalue weighted by Gasteiger charge is 2.30. The van der Waals surface area contributed by atoms with Gasteiger partial charge in [0.15, 0.2) is 0 Å². The molecule has 0 saturated heterocycles. The van der Waals surface area contributed by atoms with Gasteiger partial charge in [-0.1, -0.05) is 31.0 Å². The molecule has 2 unspecified atom stereocenters. The maximum Gasteiger partial charge on any atom is 0.227 e. The van der Waals surface area contributed by atoms with Crippen LogP contribution in [0.25, 0.3) is 0 Å². The van der Waals surface area contributed by atoms with Crippen LogP contribution in [0.4, 0.5) is 5.69 Å². The number of rotatable bonds is 2. The summed E-state index contributed by atoms with van der Waals surface area (Å²) in [5, 5.41) is 6.70. The number of anilines is 1. The summed E-state index contributed by atoms with van der Waals surface area (Å²) < 4.78 is 0. The van der Waals surface area contributed by atoms with E-state index in [1.807, 2.05) is 12.1 Å². The van der Waals surface area contributed by atoms with Crippen molar-refractivity contribution in [2.75, 3.05) is 5.32 Å². The lowest BCUT2D eigenvalue weighted by molar-refractivity contribution is -0.123. The lowest BCUT2D eigenvalue weighted by Gasteiger charge is -2.31. The second-order valence-electron chi connectivity index (χ2n) is 5.91. The molecule has 0 spiro atoms. The van der Waals surface area contributed by atoms with Gasteiger partial charge in [-0.15, -0.1) is 0 Å². The molecule has 1 aliphatic carbocycles. The van der Waals surface area contributed by atoms with Gasteiger partial charge in [-0.2, -0.15) is 0 Å². The lowest BCUT2D eigenvalue weighted by atomic mass is 9.86. The van der Waals surface area contributed by atoms with E-state index < -0.39 is 0 Å². The van der Waals surface area contributed by atoms with Crippen LogP contribution in [0, 0.1) is 0 Å². The molecule has 19 heavy (non-hydrogen) atoms. The Balaban J connectivity index is 1.78. The van der Waals surface area contributed by atoms with Crippen molar-refractivity contribution >= 4 is 11.6 Å². The zero-order valence-electron chi connectivity index (χ0n) is 11.5. The van der Waals surface area contributed by atoms with Crippen LogP contribution in [0.3, 0.4) is 0 Å². The molecule has 0 radical (unpaired) electrons. The quantitative estimate of drug-likeness (QED) is 0.856. The van der Waals surface area contributed by atoms with E-state index >= 15 is 0 Å². The minimum absolute atomic E-state index is 0.00745. The predicted octanol–water partition coefficient (Wildman–Crippen LogP) is 3.03. The number of amides is 1. The zero-order valence-corrected chi connectivity index (χ0v) is 11.5. The van der Waals surface area contributed by atoms with Crippen LogP contribution in [0.5, 0.6) is 0 Å². The minimum Gasteiger partial charge on any atom is -0.382 e. The smallest absolute Gasteiger partial charge is 0.227 e. The first-order chi connectivity index (χ1) is 9.24. The van der Waals surface area contributed by atoms with Crippen LogP contribution in [0.15, 0.2) is 24.3 Å². The fourth-order valence-corrected chi connectivity index (χ4v) is 3.36. The van der Waals surface area contributed by atoms with Gasteiger partial charge in [0.2, 0.25) is 5.91 Å². The van der Waals surface area contributed by atoms with Gasteiger partial charge < -0.3 is 10.6 Å². The van der Waals surface area contributed by atoms with Crippen molar-refractivity contribution in [3.63, 3.8) is 0 Å². The fraction of sp³-hybridized carbons (Fsp3) is 0.562. The molecule has 1 fully saturated rings. The Morgan fingerprint density at radius 1 is 1.26 bits per heavy atom. The molecule has 0 bridgehead atoms. The Morgan fingerprint density at radius 3 is 2.79 bits per heavy atom. The van der Waals surface area contributed by atoms with Crippen molar-refractivity contribution in [2.45, 2.75) is 57.0 Å². The van der Waals surface area contributed by atoms with Crippen LogP contribution >= 0.6 is 0 Å². The molecule has 2 atom stereocenters. The lowest BCUT2D eigenvalue weighted by Crippen LogP contribution is -2.40. The van der Waals surface area contributed by atoms with Crippen LogP contribution in [0.2, 0.25) is 0 Å². The van der Waals surface area contributed by atoms with Gasteiger partial charge in [0.25, 0.3) is 0 Å². The summed E-state index contributed by atoms with van der Waals surface area (Å²) in [6, 6.07) is 8.95. The number of carbonyl (C=O) groups excluding carboxylic acids is 1. The highest BCUT2D eigenvalue weighted by Crippen LogP contribution is 2.34. The monoisotopic (exact) mass is 258 g/mol. The van der Waals surface area contributed by atoms with E-state index in [1.54, 1.807) is 0 Å². The first kappa shape index (κ1) is 12.5. The molecule has 3 nitrogen and oxygen atoms in total. The van der Waals surface area contributed by atoms with Gasteiger partial charge in [-0.05, 0) is 37.8 Å². The maximum absolute atomic E-state index is 12.5. The Morgan fingerprint density at radius 2 is 2.00 bits per heavy atom. The normalized spacial score (nSPS) is 26.6. The molecular weight excluding hydrogens is 236 g/mol. The molecule has 2 aliphatic rings. The molecule has 3 heteroatoms. The van der Waals surface area contributed by atoms with Crippen LogP contribution in [0.1, 0.15) is 50.5 Å². The van der Waals surface area contributed by atoms with E-state index in [9.17, 15) is 4.79 Å². The second-order valence-corrected chi connectivity index (χ2v) is 5.91. The average Bonchev–Trinajstić information content (AvgIpc) is 2.90. The Kier molecular flexibility index (Phi) is 3.45. The number of benzene rings is 1. The van der Waals surface area contributed by atoms with Crippen molar-refractivity contribution in [1.29, 1.82) is 0 Å². The SMILES string of the molecule is CC1CC(C(=O)NC2CCCC2)c2ccccc2N1. The van der Waals surface area contributed by atoms with E-state index in [2.05, 4.69) is 29.7 Å². The third kappa shape index (κ3) is 2.60. The maximum atomic E-state index is 12.5. The molecular formula is C16H22N2O. The van der Waals surface area contributed by atoms with Crippen LogP contribution in [-0.4, -0.2) is 18.0 Å². The molecule has 3 rings (SSSR count).